The minimum absolute atomic E-state index is 0.185. The van der Waals surface area contributed by atoms with E-state index in [4.69, 9.17) is 0 Å². The van der Waals surface area contributed by atoms with E-state index in [0.717, 1.165) is 30.5 Å². The zero-order valence-corrected chi connectivity index (χ0v) is 13.9. The molecule has 0 saturated heterocycles. The highest BCUT2D eigenvalue weighted by molar-refractivity contribution is 7.89. The van der Waals surface area contributed by atoms with Crippen LogP contribution in [0.1, 0.15) is 32.3 Å². The summed E-state index contributed by atoms with van der Waals surface area (Å²) < 4.78 is 26.6. The molecule has 3 rings (SSSR count). The Kier molecular flexibility index (Phi) is 3.99. The second-order valence-corrected chi connectivity index (χ2v) is 7.83. The van der Waals surface area contributed by atoms with E-state index in [1.807, 2.05) is 18.7 Å². The Morgan fingerprint density at radius 2 is 1.95 bits per heavy atom. The van der Waals surface area contributed by atoms with Gasteiger partial charge in [-0.3, -0.25) is 4.79 Å². The van der Waals surface area contributed by atoms with Gasteiger partial charge in [-0.25, -0.2) is 8.42 Å². The van der Waals surface area contributed by atoms with Gasteiger partial charge >= 0.3 is 0 Å². The first kappa shape index (κ1) is 15.5. The standard InChI is InChI=1S/C16H22N2O3S/c1-3-17(4-2)22(20,21)14-7-8-15-13(11-14)9-10-18(15)16(19)12-5-6-12/h7-8,11-12H,3-6,9-10H2,1-2H3. The normalized spacial score (nSPS) is 17.9. The molecule has 0 aromatic heterocycles. The van der Waals surface area contributed by atoms with Gasteiger partial charge in [0.15, 0.2) is 0 Å². The van der Waals surface area contributed by atoms with E-state index >= 15 is 0 Å². The maximum absolute atomic E-state index is 12.6. The summed E-state index contributed by atoms with van der Waals surface area (Å²) in [6, 6.07) is 5.16. The largest absolute Gasteiger partial charge is 0.312 e. The van der Waals surface area contributed by atoms with E-state index in [-0.39, 0.29) is 11.8 Å². The molecular formula is C16H22N2O3S. The van der Waals surface area contributed by atoms with Gasteiger partial charge < -0.3 is 4.90 Å². The Balaban J connectivity index is 1.91. The molecule has 0 N–H and O–H groups in total. The third-order valence-electron chi connectivity index (χ3n) is 4.48. The molecule has 22 heavy (non-hydrogen) atoms. The summed E-state index contributed by atoms with van der Waals surface area (Å²) in [6.45, 7) is 5.26. The molecule has 0 radical (unpaired) electrons. The van der Waals surface area contributed by atoms with Gasteiger partial charge in [0.05, 0.1) is 4.90 Å². The number of carbonyl (C=O) groups excluding carboxylic acids is 1. The van der Waals surface area contributed by atoms with Gasteiger partial charge in [-0.15, -0.1) is 0 Å². The lowest BCUT2D eigenvalue weighted by molar-refractivity contribution is -0.119. The molecule has 1 fully saturated rings. The van der Waals surface area contributed by atoms with Crippen molar-refractivity contribution in [3.05, 3.63) is 23.8 Å². The van der Waals surface area contributed by atoms with Crippen LogP contribution in [-0.2, 0) is 21.2 Å². The zero-order chi connectivity index (χ0) is 15.9. The van der Waals surface area contributed by atoms with Crippen molar-refractivity contribution in [2.75, 3.05) is 24.5 Å². The van der Waals surface area contributed by atoms with Crippen molar-refractivity contribution in [1.29, 1.82) is 0 Å². The van der Waals surface area contributed by atoms with Crippen LogP contribution >= 0.6 is 0 Å². The van der Waals surface area contributed by atoms with Crippen molar-refractivity contribution in [2.45, 2.75) is 38.0 Å². The van der Waals surface area contributed by atoms with Gasteiger partial charge in [0.25, 0.3) is 0 Å². The smallest absolute Gasteiger partial charge is 0.243 e. The Bertz CT molecular complexity index is 691. The molecule has 1 aliphatic heterocycles. The lowest BCUT2D eigenvalue weighted by Crippen LogP contribution is -2.31. The molecular weight excluding hydrogens is 300 g/mol. The molecule has 1 heterocycles. The van der Waals surface area contributed by atoms with Crippen LogP contribution in [0.2, 0.25) is 0 Å². The monoisotopic (exact) mass is 322 g/mol. The highest BCUT2D eigenvalue weighted by Gasteiger charge is 2.37. The highest BCUT2D eigenvalue weighted by atomic mass is 32.2. The predicted molar refractivity (Wildman–Crippen MR) is 85.3 cm³/mol. The number of hydrogen-bond acceptors (Lipinski definition) is 3. The number of hydrogen-bond donors (Lipinski definition) is 0. The van der Waals surface area contributed by atoms with Gasteiger partial charge in [-0.1, -0.05) is 13.8 Å². The van der Waals surface area contributed by atoms with Crippen LogP contribution in [-0.4, -0.2) is 38.3 Å². The number of fused-ring (bicyclic) bond motifs is 1. The van der Waals surface area contributed by atoms with Crippen LogP contribution in [0.5, 0.6) is 0 Å². The topological polar surface area (TPSA) is 57.7 Å². The molecule has 6 heteroatoms. The quantitative estimate of drug-likeness (QED) is 0.833. The average Bonchev–Trinajstić information content (AvgIpc) is 3.26. The fourth-order valence-electron chi connectivity index (χ4n) is 3.03. The molecule has 1 aromatic carbocycles. The molecule has 1 aromatic rings. The minimum Gasteiger partial charge on any atom is -0.312 e. The summed E-state index contributed by atoms with van der Waals surface area (Å²) >= 11 is 0. The Labute approximate surface area is 132 Å². The molecule has 0 atom stereocenters. The van der Waals surface area contributed by atoms with E-state index in [2.05, 4.69) is 0 Å². The van der Waals surface area contributed by atoms with Crippen LogP contribution in [0.25, 0.3) is 0 Å². The minimum atomic E-state index is -3.43. The molecule has 0 unspecified atom stereocenters. The number of amides is 1. The van der Waals surface area contributed by atoms with Crippen LogP contribution in [0, 0.1) is 5.92 Å². The summed E-state index contributed by atoms with van der Waals surface area (Å²) in [5.41, 5.74) is 1.85. The number of benzene rings is 1. The fraction of sp³-hybridized carbons (Fsp3) is 0.562. The van der Waals surface area contributed by atoms with E-state index in [0.29, 0.717) is 24.5 Å². The second kappa shape index (κ2) is 5.66. The Hall–Kier alpha value is -1.40. The summed E-state index contributed by atoms with van der Waals surface area (Å²) in [5.74, 6) is 0.378. The van der Waals surface area contributed by atoms with Crippen molar-refractivity contribution in [2.24, 2.45) is 5.92 Å². The summed E-state index contributed by atoms with van der Waals surface area (Å²) in [5, 5.41) is 0. The average molecular weight is 322 g/mol. The zero-order valence-electron chi connectivity index (χ0n) is 13.1. The van der Waals surface area contributed by atoms with Crippen molar-refractivity contribution < 1.29 is 13.2 Å². The van der Waals surface area contributed by atoms with E-state index in [1.165, 1.54) is 4.31 Å². The van der Waals surface area contributed by atoms with Crippen molar-refractivity contribution in [3.63, 3.8) is 0 Å². The first-order valence-electron chi connectivity index (χ1n) is 7.93. The molecule has 120 valence electrons. The SMILES string of the molecule is CCN(CC)S(=O)(=O)c1ccc2c(c1)CCN2C(=O)C1CC1. The Morgan fingerprint density at radius 1 is 1.27 bits per heavy atom. The Morgan fingerprint density at radius 3 is 2.55 bits per heavy atom. The number of sulfonamides is 1. The number of nitrogens with zero attached hydrogens (tertiary/aromatic N) is 2. The third kappa shape index (κ3) is 2.54. The highest BCUT2D eigenvalue weighted by Crippen LogP contribution is 2.37. The summed E-state index contributed by atoms with van der Waals surface area (Å²) in [4.78, 5) is 14.4. The lowest BCUT2D eigenvalue weighted by Gasteiger charge is -2.20. The van der Waals surface area contributed by atoms with Crippen molar-refractivity contribution in [1.82, 2.24) is 4.31 Å². The fourth-order valence-corrected chi connectivity index (χ4v) is 4.54. The molecule has 1 amide bonds. The van der Waals surface area contributed by atoms with E-state index in [1.54, 1.807) is 18.2 Å². The number of carbonyl (C=O) groups is 1. The first-order valence-corrected chi connectivity index (χ1v) is 9.37. The molecule has 2 aliphatic rings. The maximum atomic E-state index is 12.6. The molecule has 0 bridgehead atoms. The van der Waals surface area contributed by atoms with Gasteiger partial charge in [0.2, 0.25) is 15.9 Å². The number of rotatable bonds is 5. The van der Waals surface area contributed by atoms with E-state index in [9.17, 15) is 13.2 Å². The molecule has 5 nitrogen and oxygen atoms in total. The van der Waals surface area contributed by atoms with Gasteiger partial charge in [0, 0.05) is 31.2 Å². The molecule has 1 saturated carbocycles. The lowest BCUT2D eigenvalue weighted by atomic mass is 10.2. The van der Waals surface area contributed by atoms with Crippen LogP contribution in [0.3, 0.4) is 0 Å². The van der Waals surface area contributed by atoms with Gasteiger partial charge in [-0.2, -0.15) is 4.31 Å². The van der Waals surface area contributed by atoms with Gasteiger partial charge in [-0.05, 0) is 43.0 Å². The first-order chi connectivity index (χ1) is 10.5. The molecule has 1 aliphatic carbocycles. The van der Waals surface area contributed by atoms with Crippen LogP contribution in [0.4, 0.5) is 5.69 Å². The van der Waals surface area contributed by atoms with E-state index < -0.39 is 10.0 Å². The predicted octanol–water partition coefficient (Wildman–Crippen LogP) is 2.02. The summed E-state index contributed by atoms with van der Waals surface area (Å²) in [6.07, 6.45) is 2.70. The van der Waals surface area contributed by atoms with Crippen molar-refractivity contribution >= 4 is 21.6 Å². The van der Waals surface area contributed by atoms with Crippen molar-refractivity contribution in [3.8, 4) is 0 Å². The third-order valence-corrected chi connectivity index (χ3v) is 6.53. The summed E-state index contributed by atoms with van der Waals surface area (Å²) in [7, 11) is -3.43. The maximum Gasteiger partial charge on any atom is 0.243 e. The molecule has 0 spiro atoms. The second-order valence-electron chi connectivity index (χ2n) is 5.89. The van der Waals surface area contributed by atoms with Crippen LogP contribution < -0.4 is 4.90 Å². The number of anilines is 1. The van der Waals surface area contributed by atoms with Gasteiger partial charge in [0.1, 0.15) is 0 Å². The van der Waals surface area contributed by atoms with Crippen LogP contribution in [0.15, 0.2) is 23.1 Å².